The van der Waals surface area contributed by atoms with Crippen molar-refractivity contribution in [2.75, 3.05) is 0 Å². The molecule has 102 valence electrons. The van der Waals surface area contributed by atoms with Crippen molar-refractivity contribution in [3.05, 3.63) is 69.2 Å². The normalized spacial score (nSPS) is 11.2. The molecule has 0 heterocycles. The molecule has 2 aromatic rings. The molecule has 0 atom stereocenters. The van der Waals surface area contributed by atoms with Crippen LogP contribution in [0, 0.1) is 0 Å². The maximum Gasteiger partial charge on any atom is 0.365 e. The van der Waals surface area contributed by atoms with E-state index in [9.17, 15) is 4.79 Å². The van der Waals surface area contributed by atoms with E-state index in [2.05, 4.69) is 21.1 Å². The first kappa shape index (κ1) is 14.6. The lowest BCUT2D eigenvalue weighted by Crippen LogP contribution is -2.15. The van der Waals surface area contributed by atoms with Crippen LogP contribution in [0.5, 0.6) is 0 Å². The maximum atomic E-state index is 11.7. The van der Waals surface area contributed by atoms with Crippen LogP contribution in [0.15, 0.2) is 58.2 Å². The molecule has 2 N–H and O–H groups in total. The molecule has 0 fully saturated rings. The van der Waals surface area contributed by atoms with Gasteiger partial charge in [0.1, 0.15) is 0 Å². The van der Waals surface area contributed by atoms with Crippen molar-refractivity contribution in [3.8, 4) is 0 Å². The van der Waals surface area contributed by atoms with Gasteiger partial charge >= 0.3 is 5.97 Å². The average Bonchev–Trinajstić information content (AvgIpc) is 2.46. The number of carbonyl (C=O) groups is 1. The van der Waals surface area contributed by atoms with Crippen molar-refractivity contribution in [2.24, 2.45) is 10.9 Å². The molecule has 0 aliphatic rings. The predicted octanol–water partition coefficient (Wildman–Crippen LogP) is 3.58. The number of carbonyl (C=O) groups excluding carboxylic acids is 1. The van der Waals surface area contributed by atoms with Gasteiger partial charge < -0.3 is 10.6 Å². The molecule has 6 heteroatoms. The number of benzene rings is 2. The van der Waals surface area contributed by atoms with Gasteiger partial charge in [-0.15, -0.1) is 0 Å². The van der Waals surface area contributed by atoms with Crippen molar-refractivity contribution >= 4 is 39.3 Å². The highest BCUT2D eigenvalue weighted by Gasteiger charge is 2.07. The van der Waals surface area contributed by atoms with Gasteiger partial charge in [0.15, 0.2) is 5.84 Å². The van der Waals surface area contributed by atoms with Crippen molar-refractivity contribution in [1.82, 2.24) is 0 Å². The predicted molar refractivity (Wildman–Crippen MR) is 81.7 cm³/mol. The van der Waals surface area contributed by atoms with Gasteiger partial charge in [0.25, 0.3) is 0 Å². The van der Waals surface area contributed by atoms with Crippen LogP contribution >= 0.6 is 27.5 Å². The van der Waals surface area contributed by atoms with E-state index in [0.717, 1.165) is 4.47 Å². The van der Waals surface area contributed by atoms with Crippen molar-refractivity contribution in [3.63, 3.8) is 0 Å². The molecule has 0 saturated heterocycles. The molecule has 0 aliphatic heterocycles. The summed E-state index contributed by atoms with van der Waals surface area (Å²) in [6, 6.07) is 13.5. The Bertz CT molecular complexity index is 639. The van der Waals surface area contributed by atoms with Crippen LogP contribution in [0.2, 0.25) is 5.02 Å². The zero-order valence-electron chi connectivity index (χ0n) is 10.2. The largest absolute Gasteiger partial charge is 0.380 e. The minimum Gasteiger partial charge on any atom is -0.380 e. The Morgan fingerprint density at radius 3 is 2.20 bits per heavy atom. The van der Waals surface area contributed by atoms with Gasteiger partial charge in [-0.25, -0.2) is 4.79 Å². The second kappa shape index (κ2) is 6.54. The molecule has 0 amide bonds. The van der Waals surface area contributed by atoms with Gasteiger partial charge in [0.05, 0.1) is 5.56 Å². The summed E-state index contributed by atoms with van der Waals surface area (Å²) in [5.74, 6) is -0.471. The van der Waals surface area contributed by atoms with Gasteiger partial charge in [0, 0.05) is 15.1 Å². The fourth-order valence-corrected chi connectivity index (χ4v) is 1.79. The average molecular weight is 354 g/mol. The highest BCUT2D eigenvalue weighted by Crippen LogP contribution is 2.12. The fraction of sp³-hybridized carbons (Fsp3) is 0. The standard InChI is InChI=1S/C14H10BrClN2O2/c15-11-5-1-9(2-6-11)13(17)18-20-14(19)10-3-7-12(16)8-4-10/h1-8H,(H2,17,18). The number of amidine groups is 1. The number of oxime groups is 1. The van der Waals surface area contributed by atoms with E-state index in [1.54, 1.807) is 36.4 Å². The topological polar surface area (TPSA) is 64.7 Å². The number of hydrogen-bond donors (Lipinski definition) is 1. The third-order valence-electron chi connectivity index (χ3n) is 2.45. The Morgan fingerprint density at radius 1 is 1.05 bits per heavy atom. The van der Waals surface area contributed by atoms with Crippen LogP contribution in [0.1, 0.15) is 15.9 Å². The Labute approximate surface area is 129 Å². The summed E-state index contributed by atoms with van der Waals surface area (Å²) in [4.78, 5) is 16.5. The van der Waals surface area contributed by atoms with Crippen LogP contribution in [-0.2, 0) is 4.84 Å². The lowest BCUT2D eigenvalue weighted by molar-refractivity contribution is 0.0516. The van der Waals surface area contributed by atoms with Crippen LogP contribution in [0.4, 0.5) is 0 Å². The SMILES string of the molecule is N/C(=N/OC(=O)c1ccc(Cl)cc1)c1ccc(Br)cc1. The second-order valence-electron chi connectivity index (χ2n) is 3.87. The molecule has 0 aliphatic carbocycles. The van der Waals surface area contributed by atoms with Crippen LogP contribution in [0.3, 0.4) is 0 Å². The van der Waals surface area contributed by atoms with E-state index < -0.39 is 5.97 Å². The van der Waals surface area contributed by atoms with Crippen molar-refractivity contribution in [1.29, 1.82) is 0 Å². The Hall–Kier alpha value is -1.85. The molecule has 0 radical (unpaired) electrons. The van der Waals surface area contributed by atoms with E-state index in [4.69, 9.17) is 22.2 Å². The molecule has 2 rings (SSSR count). The summed E-state index contributed by atoms with van der Waals surface area (Å²) in [6.07, 6.45) is 0. The maximum absolute atomic E-state index is 11.7. The summed E-state index contributed by atoms with van der Waals surface area (Å²) < 4.78 is 0.923. The van der Waals surface area contributed by atoms with Crippen molar-refractivity contribution in [2.45, 2.75) is 0 Å². The summed E-state index contributed by atoms with van der Waals surface area (Å²) in [5, 5.41) is 4.16. The van der Waals surface area contributed by atoms with Crippen LogP contribution < -0.4 is 5.73 Å². The molecule has 0 saturated carbocycles. The van der Waals surface area contributed by atoms with E-state index in [1.165, 1.54) is 0 Å². The lowest BCUT2D eigenvalue weighted by atomic mass is 10.2. The molecule has 20 heavy (non-hydrogen) atoms. The number of nitrogens with two attached hydrogens (primary N) is 1. The number of halogens is 2. The first-order chi connectivity index (χ1) is 9.56. The number of hydrogen-bond acceptors (Lipinski definition) is 3. The summed E-state index contributed by atoms with van der Waals surface area (Å²) in [6.45, 7) is 0. The lowest BCUT2D eigenvalue weighted by Gasteiger charge is -2.01. The summed E-state index contributed by atoms with van der Waals surface area (Å²) in [5.41, 5.74) is 6.74. The Balaban J connectivity index is 2.06. The van der Waals surface area contributed by atoms with Gasteiger partial charge in [-0.2, -0.15) is 0 Å². The fourth-order valence-electron chi connectivity index (χ4n) is 1.40. The molecule has 0 unspecified atom stereocenters. The first-order valence-corrected chi connectivity index (χ1v) is 6.79. The third kappa shape index (κ3) is 3.82. The minimum absolute atomic E-state index is 0.125. The second-order valence-corrected chi connectivity index (χ2v) is 5.22. The molecule has 4 nitrogen and oxygen atoms in total. The van der Waals surface area contributed by atoms with Crippen molar-refractivity contribution < 1.29 is 9.63 Å². The zero-order valence-corrected chi connectivity index (χ0v) is 12.6. The van der Waals surface area contributed by atoms with E-state index >= 15 is 0 Å². The monoisotopic (exact) mass is 352 g/mol. The van der Waals surface area contributed by atoms with Crippen LogP contribution in [-0.4, -0.2) is 11.8 Å². The van der Waals surface area contributed by atoms with Gasteiger partial charge in [0.2, 0.25) is 0 Å². The minimum atomic E-state index is -0.596. The third-order valence-corrected chi connectivity index (χ3v) is 3.23. The zero-order chi connectivity index (χ0) is 14.5. The van der Waals surface area contributed by atoms with Gasteiger partial charge in [-0.3, -0.25) is 0 Å². The van der Waals surface area contributed by atoms with Crippen LogP contribution in [0.25, 0.3) is 0 Å². The Morgan fingerprint density at radius 2 is 1.60 bits per heavy atom. The van der Waals surface area contributed by atoms with Gasteiger partial charge in [-0.05, 0) is 36.4 Å². The molecular formula is C14H10BrClN2O2. The smallest absolute Gasteiger partial charge is 0.365 e. The van der Waals surface area contributed by atoms with Gasteiger partial charge in [-0.1, -0.05) is 44.8 Å². The summed E-state index contributed by atoms with van der Waals surface area (Å²) in [7, 11) is 0. The quantitative estimate of drug-likeness (QED) is 0.397. The number of rotatable bonds is 3. The van der Waals surface area contributed by atoms with E-state index in [0.29, 0.717) is 16.1 Å². The molecule has 0 aromatic heterocycles. The summed E-state index contributed by atoms with van der Waals surface area (Å²) >= 11 is 9.05. The van der Waals surface area contributed by atoms with E-state index in [1.807, 2.05) is 12.1 Å². The molecule has 0 bridgehead atoms. The number of nitrogens with zero attached hydrogens (tertiary/aromatic N) is 1. The molecule has 2 aromatic carbocycles. The van der Waals surface area contributed by atoms with E-state index in [-0.39, 0.29) is 5.84 Å². The molecular weight excluding hydrogens is 344 g/mol. The Kier molecular flexibility index (Phi) is 4.76. The first-order valence-electron chi connectivity index (χ1n) is 5.62. The highest BCUT2D eigenvalue weighted by molar-refractivity contribution is 9.10. The highest BCUT2D eigenvalue weighted by atomic mass is 79.9. The molecule has 0 spiro atoms.